The number of nitrogens with zero attached hydrogens (tertiary/aromatic N) is 1. The van der Waals surface area contributed by atoms with E-state index in [4.69, 9.17) is 4.42 Å². The van der Waals surface area contributed by atoms with Crippen molar-refractivity contribution in [2.75, 3.05) is 4.90 Å². The van der Waals surface area contributed by atoms with Crippen LogP contribution in [0.4, 0.5) is 17.1 Å². The zero-order chi connectivity index (χ0) is 32.3. The third-order valence-electron chi connectivity index (χ3n) is 9.67. The van der Waals surface area contributed by atoms with Crippen LogP contribution in [0.15, 0.2) is 180 Å². The summed E-state index contributed by atoms with van der Waals surface area (Å²) in [7, 11) is 0. The molecule has 2 heterocycles. The van der Waals surface area contributed by atoms with Crippen LogP contribution in [0.5, 0.6) is 0 Å². The van der Waals surface area contributed by atoms with E-state index in [-0.39, 0.29) is 0 Å². The van der Waals surface area contributed by atoms with E-state index in [1.807, 2.05) is 17.4 Å². The van der Waals surface area contributed by atoms with Crippen molar-refractivity contribution in [1.29, 1.82) is 0 Å². The maximum Gasteiger partial charge on any atom is 0.160 e. The molecule has 0 unspecified atom stereocenters. The normalized spacial score (nSPS) is 11.7. The van der Waals surface area contributed by atoms with Crippen molar-refractivity contribution in [3.63, 3.8) is 0 Å². The van der Waals surface area contributed by atoms with Gasteiger partial charge in [-0.25, -0.2) is 0 Å². The molecule has 0 spiro atoms. The number of furan rings is 1. The smallest absolute Gasteiger partial charge is 0.160 e. The van der Waals surface area contributed by atoms with Crippen molar-refractivity contribution in [1.82, 2.24) is 0 Å². The van der Waals surface area contributed by atoms with Gasteiger partial charge >= 0.3 is 0 Å². The number of thiophene rings is 1. The molecule has 0 N–H and O–H groups in total. The topological polar surface area (TPSA) is 16.4 Å². The van der Waals surface area contributed by atoms with Crippen LogP contribution in [0.2, 0.25) is 0 Å². The van der Waals surface area contributed by atoms with Crippen molar-refractivity contribution < 1.29 is 4.42 Å². The first-order valence-electron chi connectivity index (χ1n) is 16.6. The molecule has 8 aromatic carbocycles. The van der Waals surface area contributed by atoms with Gasteiger partial charge < -0.3 is 9.32 Å². The van der Waals surface area contributed by atoms with E-state index >= 15 is 0 Å². The highest BCUT2D eigenvalue weighted by molar-refractivity contribution is 7.25. The Balaban J connectivity index is 1.22. The molecule has 0 fully saturated rings. The summed E-state index contributed by atoms with van der Waals surface area (Å²) in [5.41, 5.74) is 9.59. The Morgan fingerprint density at radius 3 is 1.98 bits per heavy atom. The maximum absolute atomic E-state index is 6.80. The quantitative estimate of drug-likeness (QED) is 0.186. The maximum atomic E-state index is 6.80. The van der Waals surface area contributed by atoms with Crippen molar-refractivity contribution in [2.24, 2.45) is 0 Å². The van der Waals surface area contributed by atoms with Gasteiger partial charge in [0.05, 0.1) is 11.4 Å². The molecule has 0 atom stereocenters. The predicted octanol–water partition coefficient (Wildman–Crippen LogP) is 13.9. The van der Waals surface area contributed by atoms with Crippen LogP contribution < -0.4 is 4.90 Å². The monoisotopic (exact) mass is 643 g/mol. The Kier molecular flexibility index (Phi) is 6.39. The zero-order valence-corrected chi connectivity index (χ0v) is 27.3. The Labute approximate surface area is 287 Å². The summed E-state index contributed by atoms with van der Waals surface area (Å²) in [6.45, 7) is 0. The van der Waals surface area contributed by atoms with E-state index in [1.165, 1.54) is 42.1 Å². The molecule has 0 bridgehead atoms. The lowest BCUT2D eigenvalue weighted by Gasteiger charge is -2.29. The van der Waals surface area contributed by atoms with Crippen LogP contribution in [-0.2, 0) is 0 Å². The number of hydrogen-bond donors (Lipinski definition) is 0. The molecular weight excluding hydrogens is 615 g/mol. The molecule has 10 rings (SSSR count). The first-order chi connectivity index (χ1) is 24.3. The molecule has 0 saturated carbocycles. The SMILES string of the molecule is c1ccc(-c2ccc3c(oc4ccccc43)c2N(c2ccc(-c3ccc4c(c3)sc3ccccc34)cc2)c2cccc3ccccc23)cc1. The number of benzene rings is 8. The van der Waals surface area contributed by atoms with Gasteiger partial charge in [-0.1, -0.05) is 133 Å². The van der Waals surface area contributed by atoms with Crippen LogP contribution in [0.25, 0.3) is 75.1 Å². The molecule has 2 nitrogen and oxygen atoms in total. The van der Waals surface area contributed by atoms with Gasteiger partial charge in [0.1, 0.15) is 5.58 Å². The summed E-state index contributed by atoms with van der Waals surface area (Å²) in [4.78, 5) is 2.40. The van der Waals surface area contributed by atoms with Crippen LogP contribution in [0.1, 0.15) is 0 Å². The van der Waals surface area contributed by atoms with Gasteiger partial charge in [0.2, 0.25) is 0 Å². The van der Waals surface area contributed by atoms with E-state index in [0.29, 0.717) is 0 Å². The largest absolute Gasteiger partial charge is 0.454 e. The second kappa shape index (κ2) is 11.2. The lowest BCUT2D eigenvalue weighted by Crippen LogP contribution is -2.12. The molecule has 0 saturated heterocycles. The molecule has 0 aliphatic carbocycles. The number of para-hydroxylation sites is 1. The van der Waals surface area contributed by atoms with E-state index in [1.54, 1.807) is 0 Å². The van der Waals surface area contributed by atoms with E-state index in [9.17, 15) is 0 Å². The van der Waals surface area contributed by atoms with Crippen molar-refractivity contribution in [3.8, 4) is 22.3 Å². The molecule has 49 heavy (non-hydrogen) atoms. The Hall–Kier alpha value is -6.16. The molecule has 0 aliphatic rings. The average Bonchev–Trinajstić information content (AvgIpc) is 3.74. The van der Waals surface area contributed by atoms with Gasteiger partial charge in [0, 0.05) is 47.6 Å². The molecular formula is C46H29NOS. The Morgan fingerprint density at radius 1 is 0.429 bits per heavy atom. The lowest BCUT2D eigenvalue weighted by atomic mass is 9.98. The summed E-state index contributed by atoms with van der Waals surface area (Å²) < 4.78 is 9.43. The van der Waals surface area contributed by atoms with Crippen LogP contribution in [-0.4, -0.2) is 0 Å². The van der Waals surface area contributed by atoms with Crippen LogP contribution in [0, 0.1) is 0 Å². The highest BCUT2D eigenvalue weighted by Crippen LogP contribution is 2.49. The van der Waals surface area contributed by atoms with Gasteiger partial charge in [0.25, 0.3) is 0 Å². The summed E-state index contributed by atoms with van der Waals surface area (Å²) in [5, 5.41) is 7.22. The summed E-state index contributed by atoms with van der Waals surface area (Å²) in [6, 6.07) is 63.2. The predicted molar refractivity (Wildman–Crippen MR) is 210 cm³/mol. The first kappa shape index (κ1) is 27.9. The summed E-state index contributed by atoms with van der Waals surface area (Å²) >= 11 is 1.86. The number of rotatable bonds is 5. The fourth-order valence-electron chi connectivity index (χ4n) is 7.35. The first-order valence-corrected chi connectivity index (χ1v) is 17.4. The van der Waals surface area contributed by atoms with Gasteiger partial charge in [-0.15, -0.1) is 11.3 Å². The molecule has 2 aromatic heterocycles. The Bertz CT molecular complexity index is 2820. The molecule has 10 aromatic rings. The molecule has 3 heteroatoms. The lowest BCUT2D eigenvalue weighted by molar-refractivity contribution is 0.669. The minimum Gasteiger partial charge on any atom is -0.454 e. The third kappa shape index (κ3) is 4.55. The fourth-order valence-corrected chi connectivity index (χ4v) is 8.49. The average molecular weight is 644 g/mol. The number of fused-ring (bicyclic) bond motifs is 7. The van der Waals surface area contributed by atoms with Crippen molar-refractivity contribution in [3.05, 3.63) is 176 Å². The summed E-state index contributed by atoms with van der Waals surface area (Å²) in [5.74, 6) is 0. The van der Waals surface area contributed by atoms with Crippen LogP contribution in [0.3, 0.4) is 0 Å². The van der Waals surface area contributed by atoms with Gasteiger partial charge in [-0.05, 0) is 64.5 Å². The number of hydrogen-bond acceptors (Lipinski definition) is 3. The molecule has 0 aliphatic heterocycles. The molecule has 0 radical (unpaired) electrons. The van der Waals surface area contributed by atoms with Crippen LogP contribution >= 0.6 is 11.3 Å². The highest BCUT2D eigenvalue weighted by Gasteiger charge is 2.25. The highest BCUT2D eigenvalue weighted by atomic mass is 32.1. The van der Waals surface area contributed by atoms with Gasteiger partial charge in [0.15, 0.2) is 5.58 Å². The minimum absolute atomic E-state index is 0.870. The fraction of sp³-hybridized carbons (Fsp3) is 0. The summed E-state index contributed by atoms with van der Waals surface area (Å²) in [6.07, 6.45) is 0. The van der Waals surface area contributed by atoms with Crippen molar-refractivity contribution in [2.45, 2.75) is 0 Å². The van der Waals surface area contributed by atoms with Gasteiger partial charge in [-0.3, -0.25) is 0 Å². The second-order valence-electron chi connectivity index (χ2n) is 12.5. The standard InChI is InChI=1S/C46H29NOS/c1-2-11-32(12-3-1)36-27-28-40-37-16-6-8-19-42(37)48-46(40)45(36)47(41-18-10-14-31-13-4-5-15-35(31)41)34-24-21-30(22-25-34)33-23-26-39-38-17-7-9-20-43(38)49-44(39)29-33/h1-29H. The zero-order valence-electron chi connectivity index (χ0n) is 26.5. The second-order valence-corrected chi connectivity index (χ2v) is 13.6. The number of anilines is 3. The third-order valence-corrected chi connectivity index (χ3v) is 10.8. The molecule has 0 amide bonds. The van der Waals surface area contributed by atoms with E-state index < -0.39 is 0 Å². The minimum atomic E-state index is 0.870. The van der Waals surface area contributed by atoms with Gasteiger partial charge in [-0.2, -0.15) is 0 Å². The van der Waals surface area contributed by atoms with E-state index in [0.717, 1.165) is 50.1 Å². The van der Waals surface area contributed by atoms with E-state index in [2.05, 4.69) is 175 Å². The molecule has 230 valence electrons. The Morgan fingerprint density at radius 2 is 1.10 bits per heavy atom. The van der Waals surface area contributed by atoms with Crippen molar-refractivity contribution >= 4 is 81.3 Å².